The fraction of sp³-hybridized carbons (Fsp3) is 0.533. The van der Waals surface area contributed by atoms with Gasteiger partial charge in [-0.2, -0.15) is 0 Å². The van der Waals surface area contributed by atoms with Crippen molar-refractivity contribution >= 4 is 44.8 Å². The minimum atomic E-state index is -3.53. The maximum atomic E-state index is 12.0. The van der Waals surface area contributed by atoms with E-state index in [2.05, 4.69) is 5.32 Å². The average molecular weight is 396 g/mol. The highest BCUT2D eigenvalue weighted by Crippen LogP contribution is 2.30. The van der Waals surface area contributed by atoms with Crippen LogP contribution in [0.4, 0.5) is 5.69 Å². The van der Waals surface area contributed by atoms with Gasteiger partial charge in [0, 0.05) is 31.1 Å². The molecule has 1 rings (SSSR count). The number of likely N-dealkylation sites (N-methyl/N-ethyl adjacent to an activating group) is 1. The largest absolute Gasteiger partial charge is 0.355 e. The number of rotatable bonds is 9. The van der Waals surface area contributed by atoms with Crippen LogP contribution in [-0.4, -0.2) is 59.2 Å². The molecule has 0 bridgehead atoms. The van der Waals surface area contributed by atoms with Gasteiger partial charge in [0.05, 0.1) is 17.0 Å². The van der Waals surface area contributed by atoms with Crippen molar-refractivity contribution in [2.45, 2.75) is 12.8 Å². The van der Waals surface area contributed by atoms with Gasteiger partial charge in [-0.15, -0.1) is 0 Å². The lowest BCUT2D eigenvalue weighted by molar-refractivity contribution is -0.121. The second kappa shape index (κ2) is 9.46. The lowest BCUT2D eigenvalue weighted by Crippen LogP contribution is -2.34. The average Bonchev–Trinajstić information content (AvgIpc) is 2.45. The molecule has 1 N–H and O–H groups in total. The van der Waals surface area contributed by atoms with Crippen LogP contribution in [0.3, 0.4) is 0 Å². The van der Waals surface area contributed by atoms with E-state index in [1.165, 1.54) is 10.4 Å². The lowest BCUT2D eigenvalue weighted by atomic mass is 10.2. The van der Waals surface area contributed by atoms with E-state index in [-0.39, 0.29) is 18.9 Å². The SMILES string of the molecule is CN(C)CCNC(=O)CCCN(c1cc(Cl)ccc1Cl)S(C)(=O)=O. The number of carbonyl (C=O) groups excluding carboxylic acids is 1. The van der Waals surface area contributed by atoms with Crippen molar-refractivity contribution in [3.05, 3.63) is 28.2 Å². The van der Waals surface area contributed by atoms with Gasteiger partial charge < -0.3 is 10.2 Å². The molecule has 0 unspecified atom stereocenters. The zero-order valence-electron chi connectivity index (χ0n) is 14.1. The van der Waals surface area contributed by atoms with Gasteiger partial charge in [0.15, 0.2) is 0 Å². The highest BCUT2D eigenvalue weighted by Gasteiger charge is 2.20. The van der Waals surface area contributed by atoms with Crippen LogP contribution >= 0.6 is 23.2 Å². The van der Waals surface area contributed by atoms with Crippen molar-refractivity contribution in [1.29, 1.82) is 0 Å². The van der Waals surface area contributed by atoms with E-state index < -0.39 is 10.0 Å². The maximum Gasteiger partial charge on any atom is 0.232 e. The summed E-state index contributed by atoms with van der Waals surface area (Å²) in [6.45, 7) is 1.46. The Kier molecular flexibility index (Phi) is 8.29. The van der Waals surface area contributed by atoms with Crippen molar-refractivity contribution < 1.29 is 13.2 Å². The van der Waals surface area contributed by atoms with Gasteiger partial charge in [-0.1, -0.05) is 23.2 Å². The van der Waals surface area contributed by atoms with Crippen molar-refractivity contribution in [2.24, 2.45) is 0 Å². The molecule has 0 saturated heterocycles. The number of sulfonamides is 1. The van der Waals surface area contributed by atoms with Crippen molar-refractivity contribution in [1.82, 2.24) is 10.2 Å². The molecule has 1 aromatic rings. The normalized spacial score (nSPS) is 11.6. The van der Waals surface area contributed by atoms with Gasteiger partial charge in [0.25, 0.3) is 0 Å². The number of amides is 1. The quantitative estimate of drug-likeness (QED) is 0.695. The molecule has 24 heavy (non-hydrogen) atoms. The molecule has 0 radical (unpaired) electrons. The molecule has 1 aromatic carbocycles. The summed E-state index contributed by atoms with van der Waals surface area (Å²) in [6, 6.07) is 4.64. The van der Waals surface area contributed by atoms with Crippen molar-refractivity contribution in [3.8, 4) is 0 Å². The van der Waals surface area contributed by atoms with E-state index in [1.807, 2.05) is 19.0 Å². The maximum absolute atomic E-state index is 12.0. The van der Waals surface area contributed by atoms with Gasteiger partial charge in [-0.25, -0.2) is 8.42 Å². The van der Waals surface area contributed by atoms with E-state index in [1.54, 1.807) is 12.1 Å². The Hall–Kier alpha value is -1.02. The molecule has 0 fully saturated rings. The van der Waals surface area contributed by atoms with Gasteiger partial charge in [-0.05, 0) is 38.7 Å². The Morgan fingerprint density at radius 2 is 1.88 bits per heavy atom. The minimum absolute atomic E-state index is 0.109. The summed E-state index contributed by atoms with van der Waals surface area (Å²) in [5, 5.41) is 3.48. The summed E-state index contributed by atoms with van der Waals surface area (Å²) < 4.78 is 25.2. The Balaban J connectivity index is 2.66. The van der Waals surface area contributed by atoms with Gasteiger partial charge in [0.1, 0.15) is 0 Å². The molecule has 0 aliphatic carbocycles. The third kappa shape index (κ3) is 7.25. The summed E-state index contributed by atoms with van der Waals surface area (Å²) in [7, 11) is 0.312. The van der Waals surface area contributed by atoms with E-state index in [9.17, 15) is 13.2 Å². The van der Waals surface area contributed by atoms with Crippen LogP contribution in [0, 0.1) is 0 Å². The number of nitrogens with zero attached hydrogens (tertiary/aromatic N) is 2. The summed E-state index contributed by atoms with van der Waals surface area (Å²) in [4.78, 5) is 13.7. The molecule has 0 saturated carbocycles. The molecule has 136 valence electrons. The first-order chi connectivity index (χ1) is 11.1. The Bertz CT molecular complexity index is 666. The first-order valence-corrected chi connectivity index (χ1v) is 10.1. The smallest absolute Gasteiger partial charge is 0.232 e. The summed E-state index contributed by atoms with van der Waals surface area (Å²) in [6.07, 6.45) is 1.71. The summed E-state index contributed by atoms with van der Waals surface area (Å²) in [5.41, 5.74) is 0.319. The second-order valence-electron chi connectivity index (χ2n) is 5.69. The Morgan fingerprint density at radius 3 is 2.46 bits per heavy atom. The minimum Gasteiger partial charge on any atom is -0.355 e. The highest BCUT2D eigenvalue weighted by atomic mass is 35.5. The molecule has 0 aromatic heterocycles. The highest BCUT2D eigenvalue weighted by molar-refractivity contribution is 7.92. The van der Waals surface area contributed by atoms with E-state index in [0.717, 1.165) is 12.8 Å². The molecule has 9 heteroatoms. The topological polar surface area (TPSA) is 69.7 Å². The monoisotopic (exact) mass is 395 g/mol. The first kappa shape index (κ1) is 21.0. The van der Waals surface area contributed by atoms with Crippen LogP contribution in [0.5, 0.6) is 0 Å². The fourth-order valence-corrected chi connectivity index (χ4v) is 3.44. The van der Waals surface area contributed by atoms with Crippen LogP contribution < -0.4 is 9.62 Å². The molecular formula is C15H23Cl2N3O3S. The molecule has 0 spiro atoms. The van der Waals surface area contributed by atoms with E-state index in [0.29, 0.717) is 28.7 Å². The number of anilines is 1. The zero-order valence-corrected chi connectivity index (χ0v) is 16.4. The number of hydrogen-bond donors (Lipinski definition) is 1. The van der Waals surface area contributed by atoms with Crippen molar-refractivity contribution in [2.75, 3.05) is 44.3 Å². The van der Waals surface area contributed by atoms with Crippen LogP contribution in [0.15, 0.2) is 18.2 Å². The van der Waals surface area contributed by atoms with Gasteiger partial charge >= 0.3 is 0 Å². The number of benzene rings is 1. The molecule has 0 aliphatic rings. The number of halogens is 2. The van der Waals surface area contributed by atoms with Crippen molar-refractivity contribution in [3.63, 3.8) is 0 Å². The van der Waals surface area contributed by atoms with Gasteiger partial charge in [-0.3, -0.25) is 9.10 Å². The van der Waals surface area contributed by atoms with Gasteiger partial charge in [0.2, 0.25) is 15.9 Å². The fourth-order valence-electron chi connectivity index (χ4n) is 2.03. The Labute approximate surface area is 153 Å². The predicted molar refractivity (Wildman–Crippen MR) is 99.4 cm³/mol. The van der Waals surface area contributed by atoms with E-state index >= 15 is 0 Å². The third-order valence-corrected chi connectivity index (χ3v) is 4.96. The van der Waals surface area contributed by atoms with E-state index in [4.69, 9.17) is 23.2 Å². The second-order valence-corrected chi connectivity index (χ2v) is 8.44. The number of nitrogens with one attached hydrogen (secondary N) is 1. The number of hydrogen-bond acceptors (Lipinski definition) is 4. The first-order valence-electron chi connectivity index (χ1n) is 7.45. The Morgan fingerprint density at radius 1 is 1.21 bits per heavy atom. The molecule has 6 nitrogen and oxygen atoms in total. The van der Waals surface area contributed by atoms with Crippen LogP contribution in [0.2, 0.25) is 10.0 Å². The zero-order chi connectivity index (χ0) is 18.3. The molecule has 0 atom stereocenters. The standard InChI is InChI=1S/C15H23Cl2N3O3S/c1-19(2)10-8-18-15(21)5-4-9-20(24(3,22)23)14-11-12(16)6-7-13(14)17/h6-7,11H,4-5,8-10H2,1-3H3,(H,18,21). The van der Waals surface area contributed by atoms with Crippen LogP contribution in [0.1, 0.15) is 12.8 Å². The molecule has 0 aliphatic heterocycles. The molecule has 1 amide bonds. The lowest BCUT2D eigenvalue weighted by Gasteiger charge is -2.23. The predicted octanol–water partition coefficient (Wildman–Crippen LogP) is 2.22. The summed E-state index contributed by atoms with van der Waals surface area (Å²) in [5.74, 6) is -0.109. The van der Waals surface area contributed by atoms with Crippen LogP contribution in [-0.2, 0) is 14.8 Å². The molecular weight excluding hydrogens is 373 g/mol. The molecule has 0 heterocycles. The third-order valence-electron chi connectivity index (χ3n) is 3.22. The summed E-state index contributed by atoms with van der Waals surface area (Å²) >= 11 is 12.0. The number of carbonyl (C=O) groups is 1. The van der Waals surface area contributed by atoms with Crippen LogP contribution in [0.25, 0.3) is 0 Å².